The molecule has 2 aliphatic heterocycles. The second-order valence-electron chi connectivity index (χ2n) is 7.35. The molecule has 7 nitrogen and oxygen atoms in total. The summed E-state index contributed by atoms with van der Waals surface area (Å²) in [7, 11) is -1.76. The van der Waals surface area contributed by atoms with Crippen LogP contribution in [0.3, 0.4) is 0 Å². The summed E-state index contributed by atoms with van der Waals surface area (Å²) in [5.41, 5.74) is 0. The molecule has 28 heavy (non-hydrogen) atoms. The number of hydrogen-bond donors (Lipinski definition) is 0. The lowest BCUT2D eigenvalue weighted by molar-refractivity contribution is -0.138. The van der Waals surface area contributed by atoms with Gasteiger partial charge >= 0.3 is 0 Å². The van der Waals surface area contributed by atoms with Crippen molar-refractivity contribution < 1.29 is 17.9 Å². The number of sulfonamides is 1. The Bertz CT molecular complexity index is 809. The zero-order valence-corrected chi connectivity index (χ0v) is 18.0. The van der Waals surface area contributed by atoms with Gasteiger partial charge in [-0.05, 0) is 45.0 Å². The molecule has 156 valence electrons. The van der Waals surface area contributed by atoms with Gasteiger partial charge in [-0.3, -0.25) is 4.79 Å². The van der Waals surface area contributed by atoms with E-state index in [-0.39, 0.29) is 23.3 Å². The number of amides is 1. The normalized spacial score (nSPS) is 22.2. The fraction of sp³-hybridized carbons (Fsp3) is 0.632. The van der Waals surface area contributed by atoms with Crippen molar-refractivity contribution in [2.24, 2.45) is 5.92 Å². The van der Waals surface area contributed by atoms with Crippen molar-refractivity contribution in [3.05, 3.63) is 23.2 Å². The molecule has 1 aromatic rings. The summed E-state index contributed by atoms with van der Waals surface area (Å²) in [6, 6.07) is 4.62. The molecule has 3 rings (SSSR count). The van der Waals surface area contributed by atoms with E-state index in [1.54, 1.807) is 19.1 Å². The monoisotopic (exact) mass is 429 g/mol. The van der Waals surface area contributed by atoms with Gasteiger partial charge in [-0.2, -0.15) is 4.31 Å². The molecule has 0 bridgehead atoms. The molecule has 1 aromatic carbocycles. The number of halogens is 1. The summed E-state index contributed by atoms with van der Waals surface area (Å²) in [5.74, 6) is 0.0465. The molecule has 0 aromatic heterocycles. The summed E-state index contributed by atoms with van der Waals surface area (Å²) in [5, 5.41) is 0.337. The largest absolute Gasteiger partial charge is 0.492 e. The number of hydrogen-bond acceptors (Lipinski definition) is 5. The number of ether oxygens (including phenoxy) is 1. The third kappa shape index (κ3) is 4.62. The van der Waals surface area contributed by atoms with Gasteiger partial charge in [-0.25, -0.2) is 8.42 Å². The highest BCUT2D eigenvalue weighted by Gasteiger charge is 2.36. The molecular formula is C19H28ClN3O4S. The van der Waals surface area contributed by atoms with Crippen LogP contribution in [0.4, 0.5) is 0 Å². The Hall–Kier alpha value is -1.35. The molecule has 0 spiro atoms. The molecule has 2 aliphatic rings. The summed E-state index contributed by atoms with van der Waals surface area (Å²) in [4.78, 5) is 17.1. The Morgan fingerprint density at radius 2 is 1.93 bits per heavy atom. The molecule has 0 aliphatic carbocycles. The van der Waals surface area contributed by atoms with Crippen molar-refractivity contribution in [1.29, 1.82) is 0 Å². The van der Waals surface area contributed by atoms with E-state index in [1.165, 1.54) is 10.4 Å². The fourth-order valence-corrected chi connectivity index (χ4v) is 5.66. The lowest BCUT2D eigenvalue weighted by atomic mass is 9.98. The molecule has 1 atom stereocenters. The predicted molar refractivity (Wildman–Crippen MR) is 108 cm³/mol. The van der Waals surface area contributed by atoms with Crippen molar-refractivity contribution >= 4 is 27.5 Å². The van der Waals surface area contributed by atoms with Crippen LogP contribution in [0.5, 0.6) is 5.75 Å². The zero-order valence-electron chi connectivity index (χ0n) is 16.4. The molecule has 0 N–H and O–H groups in total. The van der Waals surface area contributed by atoms with Crippen LogP contribution in [0.15, 0.2) is 23.1 Å². The highest BCUT2D eigenvalue weighted by Crippen LogP contribution is 2.32. The minimum Gasteiger partial charge on any atom is -0.492 e. The number of rotatable bonds is 5. The smallest absolute Gasteiger partial charge is 0.246 e. The maximum absolute atomic E-state index is 13.3. The molecular weight excluding hydrogens is 402 g/mol. The second-order valence-corrected chi connectivity index (χ2v) is 9.70. The van der Waals surface area contributed by atoms with Gasteiger partial charge in [-0.15, -0.1) is 0 Å². The van der Waals surface area contributed by atoms with Crippen LogP contribution in [0.2, 0.25) is 5.02 Å². The number of likely N-dealkylation sites (N-methyl/N-ethyl adjacent to an activating group) is 1. The maximum atomic E-state index is 13.3. The number of nitrogens with zero attached hydrogens (tertiary/aromatic N) is 3. The summed E-state index contributed by atoms with van der Waals surface area (Å²) < 4.78 is 33.5. The van der Waals surface area contributed by atoms with Crippen LogP contribution in [-0.2, 0) is 14.8 Å². The molecule has 2 fully saturated rings. The maximum Gasteiger partial charge on any atom is 0.246 e. The standard InChI is InChI=1S/C19H28ClN3O4S/c1-3-27-17-7-6-16(20)13-18(17)28(25,26)23-8-4-5-15(14-23)19(24)22-11-9-21(2)10-12-22/h6-7,13,15H,3-5,8-12,14H2,1-2H3. The first-order chi connectivity index (χ1) is 13.3. The summed E-state index contributed by atoms with van der Waals surface area (Å²) in [6.45, 7) is 5.84. The minimum atomic E-state index is -3.80. The summed E-state index contributed by atoms with van der Waals surface area (Å²) in [6.07, 6.45) is 1.37. The molecule has 0 radical (unpaired) electrons. The fourth-order valence-electron chi connectivity index (χ4n) is 3.74. The number of benzene rings is 1. The summed E-state index contributed by atoms with van der Waals surface area (Å²) >= 11 is 6.05. The quantitative estimate of drug-likeness (QED) is 0.715. The highest BCUT2D eigenvalue weighted by molar-refractivity contribution is 7.89. The molecule has 0 saturated carbocycles. The van der Waals surface area contributed by atoms with E-state index in [9.17, 15) is 13.2 Å². The van der Waals surface area contributed by atoms with Crippen LogP contribution in [0, 0.1) is 5.92 Å². The van der Waals surface area contributed by atoms with Crippen molar-refractivity contribution in [3.63, 3.8) is 0 Å². The Morgan fingerprint density at radius 3 is 2.61 bits per heavy atom. The number of piperidine rings is 1. The van der Waals surface area contributed by atoms with Gasteiger partial charge in [0.25, 0.3) is 0 Å². The van der Waals surface area contributed by atoms with Crippen LogP contribution in [-0.4, -0.2) is 81.4 Å². The van der Waals surface area contributed by atoms with Gasteiger partial charge in [0.15, 0.2) is 0 Å². The van der Waals surface area contributed by atoms with Crippen molar-refractivity contribution in [2.75, 3.05) is 52.9 Å². The van der Waals surface area contributed by atoms with Crippen LogP contribution < -0.4 is 4.74 Å². The minimum absolute atomic E-state index is 0.0594. The van der Waals surface area contributed by atoms with E-state index >= 15 is 0 Å². The predicted octanol–water partition coefficient (Wildman–Crippen LogP) is 1.91. The van der Waals surface area contributed by atoms with Crippen molar-refractivity contribution in [1.82, 2.24) is 14.1 Å². The van der Waals surface area contributed by atoms with Gasteiger partial charge < -0.3 is 14.5 Å². The Kier molecular flexibility index (Phi) is 6.85. The number of carbonyl (C=O) groups is 1. The van der Waals surface area contributed by atoms with E-state index in [1.807, 2.05) is 11.9 Å². The Balaban J connectivity index is 1.78. The van der Waals surface area contributed by atoms with Crippen LogP contribution >= 0.6 is 11.6 Å². The van der Waals surface area contributed by atoms with Gasteiger partial charge in [-0.1, -0.05) is 11.6 Å². The average Bonchev–Trinajstić information content (AvgIpc) is 2.69. The third-order valence-electron chi connectivity index (χ3n) is 5.37. The average molecular weight is 430 g/mol. The van der Waals surface area contributed by atoms with Gasteiger partial charge in [0.1, 0.15) is 10.6 Å². The molecule has 2 saturated heterocycles. The molecule has 2 heterocycles. The van der Waals surface area contributed by atoms with Gasteiger partial charge in [0.05, 0.1) is 12.5 Å². The van der Waals surface area contributed by atoms with Crippen LogP contribution in [0.1, 0.15) is 19.8 Å². The van der Waals surface area contributed by atoms with Gasteiger partial charge in [0, 0.05) is 44.3 Å². The second kappa shape index (κ2) is 8.98. The molecule has 1 amide bonds. The van der Waals surface area contributed by atoms with Crippen LogP contribution in [0.25, 0.3) is 0 Å². The molecule has 9 heteroatoms. The number of carbonyl (C=O) groups excluding carboxylic acids is 1. The van der Waals surface area contributed by atoms with E-state index < -0.39 is 10.0 Å². The van der Waals surface area contributed by atoms with E-state index in [0.29, 0.717) is 49.9 Å². The van der Waals surface area contributed by atoms with E-state index in [0.717, 1.165) is 13.1 Å². The van der Waals surface area contributed by atoms with E-state index in [2.05, 4.69) is 4.90 Å². The van der Waals surface area contributed by atoms with Crippen molar-refractivity contribution in [2.45, 2.75) is 24.7 Å². The first-order valence-corrected chi connectivity index (χ1v) is 11.5. The SMILES string of the molecule is CCOc1ccc(Cl)cc1S(=O)(=O)N1CCCC(C(=O)N2CCN(C)CC2)C1. The Labute approximate surface area is 172 Å². The third-order valence-corrected chi connectivity index (χ3v) is 7.49. The number of piperazine rings is 1. The van der Waals surface area contributed by atoms with Gasteiger partial charge in [0.2, 0.25) is 15.9 Å². The lowest BCUT2D eigenvalue weighted by Crippen LogP contribution is -2.52. The van der Waals surface area contributed by atoms with Crippen molar-refractivity contribution in [3.8, 4) is 5.75 Å². The topological polar surface area (TPSA) is 70.2 Å². The lowest BCUT2D eigenvalue weighted by Gasteiger charge is -2.37. The first kappa shape index (κ1) is 21.4. The zero-order chi connectivity index (χ0) is 20.3. The first-order valence-electron chi connectivity index (χ1n) is 9.72. The Morgan fingerprint density at radius 1 is 1.21 bits per heavy atom. The highest BCUT2D eigenvalue weighted by atomic mass is 35.5. The van der Waals surface area contributed by atoms with E-state index in [4.69, 9.17) is 16.3 Å². The molecule has 1 unspecified atom stereocenters.